The van der Waals surface area contributed by atoms with Crippen LogP contribution < -0.4 is 0 Å². The van der Waals surface area contributed by atoms with Crippen LogP contribution in [-0.4, -0.2) is 46.3 Å². The normalized spacial score (nSPS) is 11.6. The topological polar surface area (TPSA) is 62.4 Å². The Balaban J connectivity index is 2.50. The van der Waals surface area contributed by atoms with E-state index in [0.29, 0.717) is 5.89 Å². The van der Waals surface area contributed by atoms with Crippen LogP contribution in [0.2, 0.25) is 0 Å². The lowest BCUT2D eigenvalue weighted by Gasteiger charge is -2.18. The molecule has 1 aromatic rings. The van der Waals surface area contributed by atoms with E-state index >= 15 is 0 Å². The van der Waals surface area contributed by atoms with Crippen LogP contribution in [0.4, 0.5) is 8.78 Å². The third kappa shape index (κ3) is 4.30. The Bertz CT molecular complexity index is 293. The van der Waals surface area contributed by atoms with Crippen molar-refractivity contribution in [3.63, 3.8) is 0 Å². The Kier molecular flexibility index (Phi) is 4.57. The molecule has 5 nitrogen and oxygen atoms in total. The largest absolute Gasteiger partial charge is 0.424 e. The molecule has 0 radical (unpaired) electrons. The molecule has 0 aliphatic heterocycles. The summed E-state index contributed by atoms with van der Waals surface area (Å²) in [7, 11) is 0. The number of alkyl halides is 2. The fourth-order valence-electron chi connectivity index (χ4n) is 1.16. The van der Waals surface area contributed by atoms with E-state index in [1.807, 2.05) is 0 Å². The predicted octanol–water partition coefficient (Wildman–Crippen LogP) is 0.437. The number of nitrogens with zero attached hydrogens (tertiary/aromatic N) is 3. The van der Waals surface area contributed by atoms with Gasteiger partial charge in [0.15, 0.2) is 0 Å². The molecule has 0 spiro atoms. The van der Waals surface area contributed by atoms with Gasteiger partial charge in [0, 0.05) is 13.5 Å². The van der Waals surface area contributed by atoms with E-state index in [0.717, 1.165) is 0 Å². The Labute approximate surface area is 85.7 Å². The third-order valence-corrected chi connectivity index (χ3v) is 1.74. The zero-order chi connectivity index (χ0) is 11.3. The monoisotopic (exact) mass is 221 g/mol. The molecule has 15 heavy (non-hydrogen) atoms. The first-order valence-electron chi connectivity index (χ1n) is 4.52. The third-order valence-electron chi connectivity index (χ3n) is 1.74. The fourth-order valence-corrected chi connectivity index (χ4v) is 1.16. The van der Waals surface area contributed by atoms with Crippen molar-refractivity contribution in [3.05, 3.63) is 11.8 Å². The van der Waals surface area contributed by atoms with Gasteiger partial charge in [-0.2, -0.15) is 0 Å². The zero-order valence-corrected chi connectivity index (χ0v) is 8.36. The van der Waals surface area contributed by atoms with Crippen molar-refractivity contribution in [2.75, 3.05) is 19.7 Å². The number of rotatable bonds is 6. The molecular weight excluding hydrogens is 208 g/mol. The lowest BCUT2D eigenvalue weighted by Crippen LogP contribution is -2.31. The van der Waals surface area contributed by atoms with Crippen LogP contribution >= 0.6 is 0 Å². The highest BCUT2D eigenvalue weighted by Gasteiger charge is 2.14. The smallest absolute Gasteiger partial charge is 0.251 e. The number of halogens is 2. The minimum atomic E-state index is -2.44. The molecule has 0 fully saturated rings. The van der Waals surface area contributed by atoms with E-state index in [-0.39, 0.29) is 25.6 Å². The molecule has 0 saturated heterocycles. The maximum atomic E-state index is 12.1. The Morgan fingerprint density at radius 1 is 1.47 bits per heavy atom. The van der Waals surface area contributed by atoms with Crippen LogP contribution in [-0.2, 0) is 6.54 Å². The Morgan fingerprint density at radius 3 is 2.67 bits per heavy atom. The first-order chi connectivity index (χ1) is 7.11. The Hall–Kier alpha value is -1.08. The number of aryl methyl sites for hydroxylation is 1. The summed E-state index contributed by atoms with van der Waals surface area (Å²) >= 11 is 0. The molecule has 0 atom stereocenters. The number of aromatic nitrogens is 2. The van der Waals surface area contributed by atoms with Crippen LogP contribution in [0.25, 0.3) is 0 Å². The van der Waals surface area contributed by atoms with Gasteiger partial charge in [0.1, 0.15) is 0 Å². The van der Waals surface area contributed by atoms with Gasteiger partial charge in [-0.1, -0.05) is 0 Å². The van der Waals surface area contributed by atoms with Gasteiger partial charge >= 0.3 is 0 Å². The van der Waals surface area contributed by atoms with E-state index in [9.17, 15) is 8.78 Å². The molecule has 1 heterocycles. The summed E-state index contributed by atoms with van der Waals surface area (Å²) < 4.78 is 29.3. The van der Waals surface area contributed by atoms with E-state index in [2.05, 4.69) is 10.2 Å². The molecule has 0 aliphatic rings. The molecule has 1 N–H and O–H groups in total. The van der Waals surface area contributed by atoms with Crippen LogP contribution in [0.15, 0.2) is 4.42 Å². The minimum absolute atomic E-state index is 0.131. The highest BCUT2D eigenvalue weighted by molar-refractivity contribution is 4.79. The van der Waals surface area contributed by atoms with E-state index in [1.165, 1.54) is 4.90 Å². The number of aliphatic hydroxyl groups excluding tert-OH is 1. The van der Waals surface area contributed by atoms with Gasteiger partial charge < -0.3 is 9.52 Å². The number of hydrogen-bond acceptors (Lipinski definition) is 5. The molecule has 0 saturated carbocycles. The summed E-state index contributed by atoms with van der Waals surface area (Å²) in [5.74, 6) is 0.674. The molecule has 7 heteroatoms. The summed E-state index contributed by atoms with van der Waals surface area (Å²) in [6, 6.07) is 0. The van der Waals surface area contributed by atoms with Gasteiger partial charge in [-0.3, -0.25) is 4.90 Å². The standard InChI is InChI=1S/C8H13F2N3O2/c1-6-11-12-8(15-6)5-13(2-3-14)4-7(9)10/h7,14H,2-5H2,1H3. The first kappa shape index (κ1) is 12.0. The van der Waals surface area contributed by atoms with Crippen molar-refractivity contribution in [2.24, 2.45) is 0 Å². The summed E-state index contributed by atoms with van der Waals surface area (Å²) in [6.07, 6.45) is -2.44. The van der Waals surface area contributed by atoms with Crippen molar-refractivity contribution in [2.45, 2.75) is 19.9 Å². The highest BCUT2D eigenvalue weighted by atomic mass is 19.3. The summed E-state index contributed by atoms with van der Waals surface area (Å²) in [6.45, 7) is 1.32. The summed E-state index contributed by atoms with van der Waals surface area (Å²) in [4.78, 5) is 1.36. The lowest BCUT2D eigenvalue weighted by atomic mass is 10.4. The second kappa shape index (κ2) is 5.72. The molecule has 0 bridgehead atoms. The van der Waals surface area contributed by atoms with Crippen LogP contribution in [0.5, 0.6) is 0 Å². The SMILES string of the molecule is Cc1nnc(CN(CCO)CC(F)F)o1. The van der Waals surface area contributed by atoms with Gasteiger partial charge in [-0.05, 0) is 0 Å². The fraction of sp³-hybridized carbons (Fsp3) is 0.750. The van der Waals surface area contributed by atoms with Crippen molar-refractivity contribution in [1.29, 1.82) is 0 Å². The first-order valence-corrected chi connectivity index (χ1v) is 4.52. The molecule has 0 amide bonds. The zero-order valence-electron chi connectivity index (χ0n) is 8.36. The summed E-state index contributed by atoms with van der Waals surface area (Å²) in [5, 5.41) is 16.0. The molecule has 86 valence electrons. The van der Waals surface area contributed by atoms with Crippen molar-refractivity contribution in [3.8, 4) is 0 Å². The minimum Gasteiger partial charge on any atom is -0.424 e. The van der Waals surface area contributed by atoms with Gasteiger partial charge in [0.2, 0.25) is 11.8 Å². The second-order valence-corrected chi connectivity index (χ2v) is 3.06. The number of aliphatic hydroxyl groups is 1. The maximum absolute atomic E-state index is 12.1. The van der Waals surface area contributed by atoms with E-state index < -0.39 is 13.0 Å². The molecular formula is C8H13F2N3O2. The second-order valence-electron chi connectivity index (χ2n) is 3.06. The lowest BCUT2D eigenvalue weighted by molar-refractivity contribution is 0.0702. The average molecular weight is 221 g/mol. The molecule has 0 unspecified atom stereocenters. The van der Waals surface area contributed by atoms with E-state index in [4.69, 9.17) is 9.52 Å². The van der Waals surface area contributed by atoms with Crippen molar-refractivity contribution >= 4 is 0 Å². The Morgan fingerprint density at radius 2 is 2.20 bits per heavy atom. The average Bonchev–Trinajstić information content (AvgIpc) is 2.50. The van der Waals surface area contributed by atoms with Crippen molar-refractivity contribution in [1.82, 2.24) is 15.1 Å². The quantitative estimate of drug-likeness (QED) is 0.755. The molecule has 1 rings (SSSR count). The molecule has 1 aromatic heterocycles. The van der Waals surface area contributed by atoms with Gasteiger partial charge in [-0.15, -0.1) is 10.2 Å². The van der Waals surface area contributed by atoms with Gasteiger partial charge in [0.25, 0.3) is 6.43 Å². The van der Waals surface area contributed by atoms with Crippen molar-refractivity contribution < 1.29 is 18.3 Å². The van der Waals surface area contributed by atoms with Crippen LogP contribution in [0, 0.1) is 6.92 Å². The molecule has 0 aliphatic carbocycles. The highest BCUT2D eigenvalue weighted by Crippen LogP contribution is 2.05. The summed E-state index contributed by atoms with van der Waals surface area (Å²) in [5.41, 5.74) is 0. The molecule has 0 aromatic carbocycles. The van der Waals surface area contributed by atoms with Gasteiger partial charge in [-0.25, -0.2) is 8.78 Å². The van der Waals surface area contributed by atoms with Crippen LogP contribution in [0.1, 0.15) is 11.8 Å². The number of hydrogen-bond donors (Lipinski definition) is 1. The van der Waals surface area contributed by atoms with Gasteiger partial charge in [0.05, 0.1) is 19.7 Å². The van der Waals surface area contributed by atoms with Crippen LogP contribution in [0.3, 0.4) is 0 Å². The maximum Gasteiger partial charge on any atom is 0.251 e. The predicted molar refractivity (Wildman–Crippen MR) is 47.4 cm³/mol. The van der Waals surface area contributed by atoms with E-state index in [1.54, 1.807) is 6.92 Å².